The number of carbonyl (C=O) groups is 2. The van der Waals surface area contributed by atoms with E-state index >= 15 is 0 Å². The van der Waals surface area contributed by atoms with Crippen molar-refractivity contribution in [3.8, 4) is 0 Å². The van der Waals surface area contributed by atoms with Crippen molar-refractivity contribution in [3.63, 3.8) is 0 Å². The van der Waals surface area contributed by atoms with Crippen molar-refractivity contribution < 1.29 is 18.0 Å². The van der Waals surface area contributed by atoms with E-state index in [9.17, 15) is 18.0 Å². The van der Waals surface area contributed by atoms with Gasteiger partial charge in [-0.15, -0.1) is 0 Å². The third-order valence-electron chi connectivity index (χ3n) is 5.92. The topological polar surface area (TPSA) is 83.6 Å². The number of piperidine rings is 1. The first-order valence-corrected chi connectivity index (χ1v) is 12.8. The second kappa shape index (κ2) is 10.1. The molecule has 8 heteroatoms. The number of anilines is 1. The third kappa shape index (κ3) is 5.22. The summed E-state index contributed by atoms with van der Waals surface area (Å²) >= 11 is 5.89. The van der Waals surface area contributed by atoms with Crippen LogP contribution in [0.2, 0.25) is 5.02 Å². The first kappa shape index (κ1) is 24.1. The van der Waals surface area contributed by atoms with Crippen LogP contribution in [-0.4, -0.2) is 37.5 Å². The van der Waals surface area contributed by atoms with E-state index in [0.29, 0.717) is 41.2 Å². The molecule has 176 valence electrons. The standard InChI is InChI=1S/C26H25ClN2O4S/c1-18-9-14-24(23(16-18)25(30)19-6-3-2-4-7-19)28-26(31)20-8-5-15-29(17-20)34(32,33)22-12-10-21(27)11-13-22/h2-4,6-7,9-14,16,20H,5,8,15,17H2,1H3,(H,28,31). The Balaban J connectivity index is 1.53. The van der Waals surface area contributed by atoms with Crippen LogP contribution in [0.5, 0.6) is 0 Å². The van der Waals surface area contributed by atoms with Crippen molar-refractivity contribution in [2.45, 2.75) is 24.7 Å². The first-order chi connectivity index (χ1) is 16.3. The number of ketones is 1. The summed E-state index contributed by atoms with van der Waals surface area (Å²) in [5, 5.41) is 3.33. The van der Waals surface area contributed by atoms with Gasteiger partial charge in [-0.05, 0) is 56.2 Å². The fourth-order valence-corrected chi connectivity index (χ4v) is 5.71. The zero-order valence-corrected chi connectivity index (χ0v) is 20.3. The van der Waals surface area contributed by atoms with Gasteiger partial charge in [0.25, 0.3) is 0 Å². The number of rotatable bonds is 6. The van der Waals surface area contributed by atoms with E-state index in [0.717, 1.165) is 5.56 Å². The number of amides is 1. The highest BCUT2D eigenvalue weighted by Gasteiger charge is 2.33. The van der Waals surface area contributed by atoms with Crippen LogP contribution in [0.4, 0.5) is 5.69 Å². The highest BCUT2D eigenvalue weighted by atomic mass is 35.5. The molecule has 1 fully saturated rings. The maximum atomic E-state index is 13.2. The zero-order valence-electron chi connectivity index (χ0n) is 18.7. The Bertz CT molecular complexity index is 1310. The molecule has 1 aliphatic heterocycles. The van der Waals surface area contributed by atoms with E-state index in [1.54, 1.807) is 36.4 Å². The fourth-order valence-electron chi connectivity index (χ4n) is 4.07. The Labute approximate surface area is 204 Å². The molecule has 0 aliphatic carbocycles. The lowest BCUT2D eigenvalue weighted by atomic mass is 9.97. The van der Waals surface area contributed by atoms with Crippen molar-refractivity contribution in [1.29, 1.82) is 0 Å². The first-order valence-electron chi connectivity index (χ1n) is 11.0. The summed E-state index contributed by atoms with van der Waals surface area (Å²) in [6.45, 7) is 2.30. The highest BCUT2D eigenvalue weighted by Crippen LogP contribution is 2.27. The van der Waals surface area contributed by atoms with E-state index in [4.69, 9.17) is 11.6 Å². The Morgan fingerprint density at radius 1 is 1.00 bits per heavy atom. The van der Waals surface area contributed by atoms with Crippen molar-refractivity contribution in [3.05, 3.63) is 94.5 Å². The van der Waals surface area contributed by atoms with Crippen molar-refractivity contribution >= 4 is 39.0 Å². The Morgan fingerprint density at radius 3 is 2.41 bits per heavy atom. The molecule has 6 nitrogen and oxygen atoms in total. The second-order valence-corrected chi connectivity index (χ2v) is 10.8. The predicted octanol–water partition coefficient (Wildman–Crippen LogP) is 4.92. The van der Waals surface area contributed by atoms with Gasteiger partial charge in [-0.25, -0.2) is 8.42 Å². The van der Waals surface area contributed by atoms with Crippen LogP contribution in [-0.2, 0) is 14.8 Å². The summed E-state index contributed by atoms with van der Waals surface area (Å²) in [4.78, 5) is 26.4. The average molecular weight is 497 g/mol. The maximum Gasteiger partial charge on any atom is 0.243 e. The summed E-state index contributed by atoms with van der Waals surface area (Å²) < 4.78 is 27.5. The van der Waals surface area contributed by atoms with Crippen LogP contribution >= 0.6 is 11.6 Å². The molecule has 1 N–H and O–H groups in total. The van der Waals surface area contributed by atoms with E-state index in [2.05, 4.69) is 5.32 Å². The molecule has 0 radical (unpaired) electrons. The summed E-state index contributed by atoms with van der Waals surface area (Å²) in [5.41, 5.74) is 2.25. The minimum atomic E-state index is -3.74. The predicted molar refractivity (Wildman–Crippen MR) is 133 cm³/mol. The molecule has 0 aromatic heterocycles. The maximum absolute atomic E-state index is 13.2. The number of aryl methyl sites for hydroxylation is 1. The normalized spacial score (nSPS) is 16.7. The number of nitrogens with zero attached hydrogens (tertiary/aromatic N) is 1. The van der Waals surface area contributed by atoms with Crippen LogP contribution in [0.3, 0.4) is 0 Å². The summed E-state index contributed by atoms with van der Waals surface area (Å²) in [5.74, 6) is -1.02. The molecule has 3 aromatic carbocycles. The molecule has 1 heterocycles. The van der Waals surface area contributed by atoms with Gasteiger partial charge in [-0.1, -0.05) is 53.6 Å². The number of nitrogens with one attached hydrogen (secondary N) is 1. The Kier molecular flexibility index (Phi) is 7.16. The SMILES string of the molecule is Cc1ccc(NC(=O)C2CCCN(S(=O)(=O)c3ccc(Cl)cc3)C2)c(C(=O)c2ccccc2)c1. The largest absolute Gasteiger partial charge is 0.325 e. The van der Waals surface area contributed by atoms with Gasteiger partial charge in [-0.2, -0.15) is 4.31 Å². The summed E-state index contributed by atoms with van der Waals surface area (Å²) in [6, 6.07) is 20.2. The van der Waals surface area contributed by atoms with Gasteiger partial charge in [0, 0.05) is 29.2 Å². The Hall–Kier alpha value is -3.00. The van der Waals surface area contributed by atoms with Gasteiger partial charge in [-0.3, -0.25) is 9.59 Å². The Morgan fingerprint density at radius 2 is 1.71 bits per heavy atom. The summed E-state index contributed by atoms with van der Waals surface area (Å²) in [6.07, 6.45) is 1.13. The van der Waals surface area contributed by atoms with E-state index in [1.165, 1.54) is 28.6 Å². The lowest BCUT2D eigenvalue weighted by Crippen LogP contribution is -2.43. The van der Waals surface area contributed by atoms with Crippen LogP contribution in [0.1, 0.15) is 34.3 Å². The van der Waals surface area contributed by atoms with Crippen LogP contribution in [0, 0.1) is 12.8 Å². The fraction of sp³-hybridized carbons (Fsp3) is 0.231. The monoisotopic (exact) mass is 496 g/mol. The molecule has 1 aliphatic rings. The lowest BCUT2D eigenvalue weighted by molar-refractivity contribution is -0.120. The molecule has 34 heavy (non-hydrogen) atoms. The number of carbonyl (C=O) groups excluding carboxylic acids is 2. The number of hydrogen-bond acceptors (Lipinski definition) is 4. The van der Waals surface area contributed by atoms with Crippen LogP contribution < -0.4 is 5.32 Å². The number of hydrogen-bond donors (Lipinski definition) is 1. The zero-order chi connectivity index (χ0) is 24.3. The van der Waals surface area contributed by atoms with Gasteiger partial charge < -0.3 is 5.32 Å². The summed E-state index contributed by atoms with van der Waals surface area (Å²) in [7, 11) is -3.74. The molecule has 3 aromatic rings. The van der Waals surface area contributed by atoms with E-state index in [-0.39, 0.29) is 23.1 Å². The number of halogens is 1. The molecule has 0 saturated carbocycles. The quantitative estimate of drug-likeness (QED) is 0.491. The molecule has 1 atom stereocenters. The van der Waals surface area contributed by atoms with Crippen LogP contribution in [0.25, 0.3) is 0 Å². The molecule has 0 bridgehead atoms. The van der Waals surface area contributed by atoms with Gasteiger partial charge >= 0.3 is 0 Å². The number of sulfonamides is 1. The minimum Gasteiger partial charge on any atom is -0.325 e. The average Bonchev–Trinajstić information content (AvgIpc) is 2.85. The second-order valence-electron chi connectivity index (χ2n) is 8.39. The molecule has 1 unspecified atom stereocenters. The molecular weight excluding hydrogens is 472 g/mol. The lowest BCUT2D eigenvalue weighted by Gasteiger charge is -2.31. The van der Waals surface area contributed by atoms with Crippen LogP contribution in [0.15, 0.2) is 77.7 Å². The highest BCUT2D eigenvalue weighted by molar-refractivity contribution is 7.89. The molecular formula is C26H25ClN2O4S. The molecule has 1 saturated heterocycles. The molecule has 1 amide bonds. The minimum absolute atomic E-state index is 0.0740. The van der Waals surface area contributed by atoms with E-state index < -0.39 is 15.9 Å². The smallest absolute Gasteiger partial charge is 0.243 e. The van der Waals surface area contributed by atoms with E-state index in [1.807, 2.05) is 19.1 Å². The van der Waals surface area contributed by atoms with Gasteiger partial charge in [0.2, 0.25) is 15.9 Å². The molecule has 0 spiro atoms. The van der Waals surface area contributed by atoms with Gasteiger partial charge in [0.05, 0.1) is 16.5 Å². The molecule has 4 rings (SSSR count). The number of benzene rings is 3. The van der Waals surface area contributed by atoms with Crippen molar-refractivity contribution in [1.82, 2.24) is 4.31 Å². The van der Waals surface area contributed by atoms with Gasteiger partial charge in [0.1, 0.15) is 0 Å². The van der Waals surface area contributed by atoms with Gasteiger partial charge in [0.15, 0.2) is 5.78 Å². The van der Waals surface area contributed by atoms with Crippen molar-refractivity contribution in [2.24, 2.45) is 5.92 Å². The third-order valence-corrected chi connectivity index (χ3v) is 8.05. The van der Waals surface area contributed by atoms with Crippen molar-refractivity contribution in [2.75, 3.05) is 18.4 Å².